The van der Waals surface area contributed by atoms with Crippen LogP contribution in [0.25, 0.3) is 11.0 Å². The zero-order valence-corrected chi connectivity index (χ0v) is 15.2. The van der Waals surface area contributed by atoms with Crippen molar-refractivity contribution in [2.75, 3.05) is 13.1 Å². The van der Waals surface area contributed by atoms with E-state index in [0.29, 0.717) is 17.5 Å². The maximum Gasteiger partial charge on any atom is 0.317 e. The third-order valence-corrected chi connectivity index (χ3v) is 5.15. The smallest absolute Gasteiger partial charge is 0.317 e. The van der Waals surface area contributed by atoms with Crippen LogP contribution in [0, 0.1) is 0 Å². The van der Waals surface area contributed by atoms with Crippen molar-refractivity contribution in [3.05, 3.63) is 64.9 Å². The van der Waals surface area contributed by atoms with Gasteiger partial charge < -0.3 is 15.2 Å². The number of rotatable bonds is 3. The first-order chi connectivity index (χ1) is 12.7. The zero-order chi connectivity index (χ0) is 17.9. The maximum atomic E-state index is 12.4. The van der Waals surface area contributed by atoms with Gasteiger partial charge in [-0.1, -0.05) is 41.9 Å². The molecular formula is C20H21ClN4O. The van der Waals surface area contributed by atoms with Crippen molar-refractivity contribution in [2.45, 2.75) is 25.3 Å². The van der Waals surface area contributed by atoms with Gasteiger partial charge in [0.05, 0.1) is 11.0 Å². The highest BCUT2D eigenvalue weighted by Crippen LogP contribution is 2.28. The van der Waals surface area contributed by atoms with E-state index in [1.807, 2.05) is 53.4 Å². The summed E-state index contributed by atoms with van der Waals surface area (Å²) in [5.74, 6) is 1.34. The monoisotopic (exact) mass is 368 g/mol. The summed E-state index contributed by atoms with van der Waals surface area (Å²) in [4.78, 5) is 22.3. The second kappa shape index (κ2) is 7.38. The Morgan fingerprint density at radius 2 is 1.96 bits per heavy atom. The summed E-state index contributed by atoms with van der Waals surface area (Å²) in [6, 6.07) is 15.7. The van der Waals surface area contributed by atoms with Gasteiger partial charge >= 0.3 is 6.03 Å². The molecule has 0 unspecified atom stereocenters. The minimum absolute atomic E-state index is 0.00342. The minimum Gasteiger partial charge on any atom is -0.342 e. The van der Waals surface area contributed by atoms with Gasteiger partial charge in [-0.25, -0.2) is 9.78 Å². The molecule has 5 nitrogen and oxygen atoms in total. The molecule has 2 heterocycles. The molecule has 3 aromatic rings. The summed E-state index contributed by atoms with van der Waals surface area (Å²) < 4.78 is 0. The lowest BCUT2D eigenvalue weighted by Gasteiger charge is -2.31. The molecule has 2 amide bonds. The number of halogens is 1. The lowest BCUT2D eigenvalue weighted by atomic mass is 9.96. The molecule has 0 aliphatic carbocycles. The van der Waals surface area contributed by atoms with Crippen LogP contribution in [0.3, 0.4) is 0 Å². The van der Waals surface area contributed by atoms with Crippen molar-refractivity contribution in [2.24, 2.45) is 0 Å². The molecule has 2 aromatic carbocycles. The number of likely N-dealkylation sites (tertiary alicyclic amines) is 1. The largest absolute Gasteiger partial charge is 0.342 e. The first-order valence-electron chi connectivity index (χ1n) is 8.91. The number of urea groups is 1. The molecule has 1 aliphatic heterocycles. The average molecular weight is 369 g/mol. The van der Waals surface area contributed by atoms with Crippen molar-refractivity contribution in [3.8, 4) is 0 Å². The first kappa shape index (κ1) is 16.9. The van der Waals surface area contributed by atoms with E-state index in [9.17, 15) is 4.79 Å². The van der Waals surface area contributed by atoms with Crippen LogP contribution in [-0.2, 0) is 6.54 Å². The third-order valence-electron chi connectivity index (χ3n) is 4.92. The Labute approximate surface area is 157 Å². The Kier molecular flexibility index (Phi) is 4.80. The summed E-state index contributed by atoms with van der Waals surface area (Å²) in [5, 5.41) is 3.71. The number of nitrogens with zero attached hydrogens (tertiary/aromatic N) is 2. The first-order valence-corrected chi connectivity index (χ1v) is 9.29. The van der Waals surface area contributed by atoms with E-state index in [4.69, 9.17) is 16.6 Å². The third kappa shape index (κ3) is 3.68. The average Bonchev–Trinajstić information content (AvgIpc) is 3.10. The maximum absolute atomic E-state index is 12.4. The topological polar surface area (TPSA) is 61.0 Å². The van der Waals surface area contributed by atoms with E-state index in [0.717, 1.165) is 48.4 Å². The standard InChI is InChI=1S/C20H21ClN4O/c21-16-6-7-17-18(12-16)24-19(23-17)15-8-10-25(11-9-15)20(26)22-13-14-4-2-1-3-5-14/h1-7,12,15H,8-11,13H2,(H,22,26)(H,23,24). The van der Waals surface area contributed by atoms with Crippen molar-refractivity contribution < 1.29 is 4.79 Å². The molecule has 6 heteroatoms. The number of aromatic amines is 1. The van der Waals surface area contributed by atoms with E-state index in [2.05, 4.69) is 10.3 Å². The Morgan fingerprint density at radius 1 is 1.19 bits per heavy atom. The Morgan fingerprint density at radius 3 is 2.73 bits per heavy atom. The van der Waals surface area contributed by atoms with E-state index < -0.39 is 0 Å². The molecule has 0 bridgehead atoms. The molecule has 2 N–H and O–H groups in total. The number of amides is 2. The molecule has 0 saturated carbocycles. The zero-order valence-electron chi connectivity index (χ0n) is 14.4. The summed E-state index contributed by atoms with van der Waals surface area (Å²) in [6.07, 6.45) is 1.82. The quantitative estimate of drug-likeness (QED) is 0.723. The van der Waals surface area contributed by atoms with E-state index in [1.54, 1.807) is 0 Å². The van der Waals surface area contributed by atoms with Crippen molar-refractivity contribution in [1.82, 2.24) is 20.2 Å². The number of hydrogen-bond donors (Lipinski definition) is 2. The van der Waals surface area contributed by atoms with Crippen LogP contribution in [0.15, 0.2) is 48.5 Å². The summed E-state index contributed by atoms with van der Waals surface area (Å²) in [6.45, 7) is 2.04. The molecule has 0 spiro atoms. The fraction of sp³-hybridized carbons (Fsp3) is 0.300. The molecule has 1 aromatic heterocycles. The summed E-state index contributed by atoms with van der Waals surface area (Å²) >= 11 is 6.04. The van der Waals surface area contributed by atoms with Crippen LogP contribution in [-0.4, -0.2) is 34.0 Å². The number of piperidine rings is 1. The van der Waals surface area contributed by atoms with Gasteiger partial charge in [-0.2, -0.15) is 0 Å². The van der Waals surface area contributed by atoms with Crippen LogP contribution in [0.1, 0.15) is 30.1 Å². The second-order valence-corrected chi connectivity index (χ2v) is 7.13. The number of imidazole rings is 1. The van der Waals surface area contributed by atoms with E-state index in [-0.39, 0.29) is 6.03 Å². The number of fused-ring (bicyclic) bond motifs is 1. The van der Waals surface area contributed by atoms with E-state index >= 15 is 0 Å². The second-order valence-electron chi connectivity index (χ2n) is 6.69. The lowest BCUT2D eigenvalue weighted by molar-refractivity contribution is 0.180. The highest BCUT2D eigenvalue weighted by Gasteiger charge is 2.25. The number of aromatic nitrogens is 2. The Bertz CT molecular complexity index is 901. The molecule has 1 saturated heterocycles. The number of benzene rings is 2. The molecule has 26 heavy (non-hydrogen) atoms. The van der Waals surface area contributed by atoms with Crippen molar-refractivity contribution in [1.29, 1.82) is 0 Å². The van der Waals surface area contributed by atoms with Gasteiger partial charge in [-0.15, -0.1) is 0 Å². The Balaban J connectivity index is 1.33. The molecule has 4 rings (SSSR count). The van der Waals surface area contributed by atoms with Crippen LogP contribution < -0.4 is 5.32 Å². The predicted molar refractivity (Wildman–Crippen MR) is 103 cm³/mol. The van der Waals surface area contributed by atoms with Crippen LogP contribution in [0.5, 0.6) is 0 Å². The number of hydrogen-bond acceptors (Lipinski definition) is 2. The van der Waals surface area contributed by atoms with Gasteiger partial charge in [0.1, 0.15) is 5.82 Å². The van der Waals surface area contributed by atoms with Crippen molar-refractivity contribution >= 4 is 28.7 Å². The van der Waals surface area contributed by atoms with Gasteiger partial charge in [0.15, 0.2) is 0 Å². The molecule has 134 valence electrons. The van der Waals surface area contributed by atoms with Crippen molar-refractivity contribution in [3.63, 3.8) is 0 Å². The Hall–Kier alpha value is -2.53. The number of H-pyrrole nitrogens is 1. The number of carbonyl (C=O) groups excluding carboxylic acids is 1. The van der Waals surface area contributed by atoms with Gasteiger partial charge in [0.2, 0.25) is 0 Å². The molecule has 0 atom stereocenters. The predicted octanol–water partition coefficient (Wildman–Crippen LogP) is 4.31. The van der Waals surface area contributed by atoms with Crippen LogP contribution >= 0.6 is 11.6 Å². The summed E-state index contributed by atoms with van der Waals surface area (Å²) in [7, 11) is 0. The SMILES string of the molecule is O=C(NCc1ccccc1)N1CCC(c2nc3ccc(Cl)cc3[nH]2)CC1. The fourth-order valence-corrected chi connectivity index (χ4v) is 3.61. The normalized spacial score (nSPS) is 15.3. The number of nitrogens with one attached hydrogen (secondary N) is 2. The van der Waals surface area contributed by atoms with Gasteiger partial charge in [0.25, 0.3) is 0 Å². The number of carbonyl (C=O) groups is 1. The molecule has 0 radical (unpaired) electrons. The van der Waals surface area contributed by atoms with Gasteiger partial charge in [-0.3, -0.25) is 0 Å². The fourth-order valence-electron chi connectivity index (χ4n) is 3.44. The lowest BCUT2D eigenvalue weighted by Crippen LogP contribution is -2.43. The molecule has 1 aliphatic rings. The van der Waals surface area contributed by atoms with Crippen LogP contribution in [0.2, 0.25) is 5.02 Å². The van der Waals surface area contributed by atoms with Gasteiger partial charge in [-0.05, 0) is 36.6 Å². The van der Waals surface area contributed by atoms with Gasteiger partial charge in [0, 0.05) is 30.6 Å². The van der Waals surface area contributed by atoms with Crippen LogP contribution in [0.4, 0.5) is 4.79 Å². The molecule has 1 fully saturated rings. The highest BCUT2D eigenvalue weighted by molar-refractivity contribution is 6.31. The summed E-state index contributed by atoms with van der Waals surface area (Å²) in [5.41, 5.74) is 3.01. The molecular weight excluding hydrogens is 348 g/mol. The highest BCUT2D eigenvalue weighted by atomic mass is 35.5. The van der Waals surface area contributed by atoms with E-state index in [1.165, 1.54) is 0 Å². The minimum atomic E-state index is 0.00342.